The fourth-order valence-corrected chi connectivity index (χ4v) is 5.04. The molecule has 3 rings (SSSR count). The molecule has 1 aliphatic rings. The van der Waals surface area contributed by atoms with Gasteiger partial charge in [0.25, 0.3) is 11.6 Å². The Kier molecular flexibility index (Phi) is 5.03. The molecule has 1 amide bonds. The largest absolute Gasteiger partial charge is 0.335 e. The molecule has 1 fully saturated rings. The van der Waals surface area contributed by atoms with E-state index in [0.717, 1.165) is 11.3 Å². The summed E-state index contributed by atoms with van der Waals surface area (Å²) in [4.78, 5) is 29.2. The van der Waals surface area contributed by atoms with Crippen LogP contribution in [-0.2, 0) is 10.0 Å². The zero-order valence-electron chi connectivity index (χ0n) is 13.9. The van der Waals surface area contributed by atoms with E-state index in [-0.39, 0.29) is 47.5 Å². The first kappa shape index (κ1) is 18.4. The number of carbonyl (C=O) groups is 1. The SMILES string of the molecule is Cc1sc(C(=O)N2CCN(S(=O)(=O)c3cccnc3)CC2)cc1[N+](=O)[O-]. The minimum atomic E-state index is -3.64. The highest BCUT2D eigenvalue weighted by molar-refractivity contribution is 7.89. The Morgan fingerprint density at radius 2 is 2.00 bits per heavy atom. The molecule has 2 aromatic rings. The topological polar surface area (TPSA) is 114 Å². The number of rotatable bonds is 4. The second-order valence-electron chi connectivity index (χ2n) is 5.69. The minimum Gasteiger partial charge on any atom is -0.335 e. The number of pyridine rings is 1. The summed E-state index contributed by atoms with van der Waals surface area (Å²) in [7, 11) is -3.64. The van der Waals surface area contributed by atoms with Crippen LogP contribution in [0.25, 0.3) is 0 Å². The molecule has 0 aliphatic carbocycles. The maximum Gasteiger partial charge on any atom is 0.283 e. The number of hydrogen-bond donors (Lipinski definition) is 0. The van der Waals surface area contributed by atoms with Gasteiger partial charge in [-0.25, -0.2) is 8.42 Å². The molecule has 2 aromatic heterocycles. The summed E-state index contributed by atoms with van der Waals surface area (Å²) in [6.07, 6.45) is 2.79. The van der Waals surface area contributed by atoms with E-state index < -0.39 is 14.9 Å². The molecule has 0 N–H and O–H groups in total. The van der Waals surface area contributed by atoms with Crippen LogP contribution in [0.15, 0.2) is 35.5 Å². The van der Waals surface area contributed by atoms with Crippen molar-refractivity contribution in [1.82, 2.24) is 14.2 Å². The summed E-state index contributed by atoms with van der Waals surface area (Å²) in [5.41, 5.74) is -0.0730. The molecule has 0 atom stereocenters. The van der Waals surface area contributed by atoms with Crippen molar-refractivity contribution in [3.05, 3.63) is 50.5 Å². The van der Waals surface area contributed by atoms with Crippen LogP contribution in [0.2, 0.25) is 0 Å². The molecular weight excluding hydrogens is 380 g/mol. The molecule has 0 aromatic carbocycles. The Morgan fingerprint density at radius 1 is 1.31 bits per heavy atom. The third kappa shape index (κ3) is 3.45. The van der Waals surface area contributed by atoms with Gasteiger partial charge in [-0.2, -0.15) is 4.31 Å². The Bertz CT molecular complexity index is 934. The number of sulfonamides is 1. The second-order valence-corrected chi connectivity index (χ2v) is 8.89. The highest BCUT2D eigenvalue weighted by atomic mass is 32.2. The van der Waals surface area contributed by atoms with Crippen molar-refractivity contribution in [2.24, 2.45) is 0 Å². The summed E-state index contributed by atoms with van der Waals surface area (Å²) in [6.45, 7) is 2.37. The van der Waals surface area contributed by atoms with Gasteiger partial charge < -0.3 is 4.90 Å². The second kappa shape index (κ2) is 7.09. The molecule has 3 heterocycles. The van der Waals surface area contributed by atoms with Crippen LogP contribution < -0.4 is 0 Å². The van der Waals surface area contributed by atoms with Crippen LogP contribution >= 0.6 is 11.3 Å². The molecule has 0 saturated carbocycles. The van der Waals surface area contributed by atoms with Gasteiger partial charge in [-0.1, -0.05) is 0 Å². The summed E-state index contributed by atoms with van der Waals surface area (Å²) < 4.78 is 26.4. The third-order valence-corrected chi connectivity index (χ3v) is 7.01. The number of hydrogen-bond acceptors (Lipinski definition) is 7. The maximum atomic E-state index is 12.6. The molecule has 0 radical (unpaired) electrons. The van der Waals surface area contributed by atoms with Crippen LogP contribution in [0, 0.1) is 17.0 Å². The summed E-state index contributed by atoms with van der Waals surface area (Å²) in [5.74, 6) is -0.315. The van der Waals surface area contributed by atoms with E-state index in [1.165, 1.54) is 33.7 Å². The monoisotopic (exact) mass is 396 g/mol. The summed E-state index contributed by atoms with van der Waals surface area (Å²) in [6, 6.07) is 4.31. The van der Waals surface area contributed by atoms with Gasteiger partial charge in [0.05, 0.1) is 14.7 Å². The lowest BCUT2D eigenvalue weighted by atomic mass is 10.3. The van der Waals surface area contributed by atoms with Crippen LogP contribution in [-0.4, -0.2) is 59.6 Å². The Balaban J connectivity index is 1.70. The molecule has 26 heavy (non-hydrogen) atoms. The van der Waals surface area contributed by atoms with Crippen LogP contribution in [0.1, 0.15) is 14.5 Å². The van der Waals surface area contributed by atoms with Crippen molar-refractivity contribution in [2.45, 2.75) is 11.8 Å². The van der Waals surface area contributed by atoms with E-state index in [1.807, 2.05) is 0 Å². The molecule has 1 saturated heterocycles. The molecule has 0 bridgehead atoms. The number of nitrogens with zero attached hydrogens (tertiary/aromatic N) is 4. The first-order chi connectivity index (χ1) is 12.3. The van der Waals surface area contributed by atoms with E-state index in [1.54, 1.807) is 13.0 Å². The number of nitro groups is 1. The molecule has 0 spiro atoms. The fourth-order valence-electron chi connectivity index (χ4n) is 2.70. The van der Waals surface area contributed by atoms with Crippen LogP contribution in [0.3, 0.4) is 0 Å². The van der Waals surface area contributed by atoms with Crippen LogP contribution in [0.4, 0.5) is 5.69 Å². The van der Waals surface area contributed by atoms with Gasteiger partial charge in [0.1, 0.15) is 4.90 Å². The highest BCUT2D eigenvalue weighted by Crippen LogP contribution is 2.29. The number of aromatic nitrogens is 1. The predicted octanol–water partition coefficient (Wildman–Crippen LogP) is 1.51. The molecule has 9 nitrogen and oxygen atoms in total. The smallest absolute Gasteiger partial charge is 0.283 e. The highest BCUT2D eigenvalue weighted by Gasteiger charge is 2.31. The number of amides is 1. The van der Waals surface area contributed by atoms with Crippen molar-refractivity contribution < 1.29 is 18.1 Å². The van der Waals surface area contributed by atoms with Gasteiger partial charge in [-0.15, -0.1) is 11.3 Å². The van der Waals surface area contributed by atoms with Gasteiger partial charge in [-0.3, -0.25) is 19.9 Å². The fraction of sp³-hybridized carbons (Fsp3) is 0.333. The van der Waals surface area contributed by atoms with E-state index in [0.29, 0.717) is 4.88 Å². The zero-order valence-corrected chi connectivity index (χ0v) is 15.5. The normalized spacial score (nSPS) is 15.8. The van der Waals surface area contributed by atoms with Crippen molar-refractivity contribution in [3.63, 3.8) is 0 Å². The number of piperazine rings is 1. The lowest BCUT2D eigenvalue weighted by Crippen LogP contribution is -2.50. The van der Waals surface area contributed by atoms with Gasteiger partial charge in [0, 0.05) is 44.6 Å². The first-order valence-electron chi connectivity index (χ1n) is 7.75. The Labute approximate surface area is 154 Å². The quantitative estimate of drug-likeness (QED) is 0.572. The Hall–Kier alpha value is -2.37. The summed E-state index contributed by atoms with van der Waals surface area (Å²) in [5, 5.41) is 10.9. The third-order valence-electron chi connectivity index (χ3n) is 4.10. The molecule has 11 heteroatoms. The van der Waals surface area contributed by atoms with Crippen molar-refractivity contribution >= 4 is 33.0 Å². The average Bonchev–Trinajstić information content (AvgIpc) is 3.04. The van der Waals surface area contributed by atoms with Gasteiger partial charge in [0.15, 0.2) is 0 Å². The van der Waals surface area contributed by atoms with E-state index in [9.17, 15) is 23.3 Å². The average molecular weight is 396 g/mol. The molecule has 0 unspecified atom stereocenters. The van der Waals surface area contributed by atoms with Gasteiger partial charge in [-0.05, 0) is 19.1 Å². The van der Waals surface area contributed by atoms with Gasteiger partial charge in [0.2, 0.25) is 10.0 Å². The van der Waals surface area contributed by atoms with Crippen LogP contribution in [0.5, 0.6) is 0 Å². The van der Waals surface area contributed by atoms with E-state index in [2.05, 4.69) is 4.98 Å². The zero-order chi connectivity index (χ0) is 18.9. The Morgan fingerprint density at radius 3 is 2.54 bits per heavy atom. The lowest BCUT2D eigenvalue weighted by Gasteiger charge is -2.33. The molecular formula is C15H16N4O5S2. The van der Waals surface area contributed by atoms with Crippen molar-refractivity contribution in [1.29, 1.82) is 0 Å². The van der Waals surface area contributed by atoms with Gasteiger partial charge >= 0.3 is 0 Å². The van der Waals surface area contributed by atoms with E-state index >= 15 is 0 Å². The number of carbonyl (C=O) groups excluding carboxylic acids is 1. The number of thiophene rings is 1. The standard InChI is InChI=1S/C15H16N4O5S2/c1-11-13(19(21)22)9-14(25-11)15(20)17-5-7-18(8-6-17)26(23,24)12-3-2-4-16-10-12/h2-4,9-10H,5-8H2,1H3. The molecule has 138 valence electrons. The minimum absolute atomic E-state index is 0.0730. The molecule has 1 aliphatic heterocycles. The maximum absolute atomic E-state index is 12.6. The summed E-state index contributed by atoms with van der Waals surface area (Å²) >= 11 is 1.07. The number of aryl methyl sites for hydroxylation is 1. The lowest BCUT2D eigenvalue weighted by molar-refractivity contribution is -0.385. The van der Waals surface area contributed by atoms with E-state index in [4.69, 9.17) is 0 Å². The predicted molar refractivity (Wildman–Crippen MR) is 94.6 cm³/mol. The first-order valence-corrected chi connectivity index (χ1v) is 10.0. The van der Waals surface area contributed by atoms with Crippen molar-refractivity contribution in [2.75, 3.05) is 26.2 Å². The van der Waals surface area contributed by atoms with Crippen molar-refractivity contribution in [3.8, 4) is 0 Å².